The summed E-state index contributed by atoms with van der Waals surface area (Å²) in [4.78, 5) is 37.7. The number of aryl methyl sites for hydroxylation is 1. The maximum atomic E-state index is 11.9. The fraction of sp³-hybridized carbons (Fsp3) is 0.286. The van der Waals surface area contributed by atoms with Crippen molar-refractivity contribution in [2.45, 2.75) is 19.5 Å². The number of amides is 1. The zero-order chi connectivity index (χ0) is 20.8. The predicted molar refractivity (Wildman–Crippen MR) is 109 cm³/mol. The van der Waals surface area contributed by atoms with Crippen molar-refractivity contribution in [3.8, 4) is 0 Å². The minimum Gasteiger partial charge on any atom is -0.456 e. The first-order chi connectivity index (χ1) is 13.9. The highest BCUT2D eigenvalue weighted by atomic mass is 16.5. The summed E-state index contributed by atoms with van der Waals surface area (Å²) in [6.45, 7) is 0.102. The fourth-order valence-electron chi connectivity index (χ4n) is 2.81. The van der Waals surface area contributed by atoms with Gasteiger partial charge in [-0.25, -0.2) is 4.79 Å². The van der Waals surface area contributed by atoms with Gasteiger partial charge in [-0.05, 0) is 29.8 Å². The monoisotopic (exact) mass is 397 g/mol. The summed E-state index contributed by atoms with van der Waals surface area (Å²) in [6.07, 6.45) is -0.0390. The summed E-state index contributed by atoms with van der Waals surface area (Å²) < 4.78 is 11.5. The molecular weight excluding hydrogens is 374 g/mol. The van der Waals surface area contributed by atoms with Gasteiger partial charge in [-0.1, -0.05) is 24.3 Å². The number of anilines is 1. The summed E-state index contributed by atoms with van der Waals surface area (Å²) in [5.41, 5.74) is 3.09. The smallest absolute Gasteiger partial charge is 0.419 e. The molecule has 0 radical (unpaired) electrons. The number of hydrogen-bond donors (Lipinski definition) is 1. The first kappa shape index (κ1) is 20.2. The Morgan fingerprint density at radius 2 is 1.83 bits per heavy atom. The van der Waals surface area contributed by atoms with Gasteiger partial charge in [-0.3, -0.25) is 14.2 Å². The van der Waals surface area contributed by atoms with Crippen molar-refractivity contribution in [3.63, 3.8) is 0 Å². The molecular formula is C21H23N3O5. The number of esters is 1. The van der Waals surface area contributed by atoms with E-state index in [1.54, 1.807) is 24.3 Å². The van der Waals surface area contributed by atoms with E-state index in [1.807, 2.05) is 43.3 Å². The van der Waals surface area contributed by atoms with Gasteiger partial charge in [0.15, 0.2) is 12.2 Å². The molecule has 1 heterocycles. The lowest BCUT2D eigenvalue weighted by molar-refractivity contribution is -0.148. The van der Waals surface area contributed by atoms with Crippen molar-refractivity contribution >= 4 is 28.7 Å². The number of carbonyl (C=O) groups is 2. The largest absolute Gasteiger partial charge is 0.456 e. The second-order valence-corrected chi connectivity index (χ2v) is 6.74. The number of para-hydroxylation sites is 2. The number of ether oxygens (including phenoxy) is 1. The van der Waals surface area contributed by atoms with Crippen LogP contribution in [0.2, 0.25) is 0 Å². The second-order valence-electron chi connectivity index (χ2n) is 6.74. The molecule has 0 unspecified atom stereocenters. The normalized spacial score (nSPS) is 10.7. The zero-order valence-corrected chi connectivity index (χ0v) is 16.4. The van der Waals surface area contributed by atoms with Crippen LogP contribution in [0.25, 0.3) is 11.1 Å². The highest BCUT2D eigenvalue weighted by molar-refractivity contribution is 5.80. The molecule has 8 heteroatoms. The molecule has 29 heavy (non-hydrogen) atoms. The number of nitrogens with zero attached hydrogens (tertiary/aromatic N) is 2. The van der Waals surface area contributed by atoms with E-state index in [-0.39, 0.29) is 25.5 Å². The van der Waals surface area contributed by atoms with Gasteiger partial charge in [-0.15, -0.1) is 0 Å². The number of fused-ring (bicyclic) bond motifs is 1. The van der Waals surface area contributed by atoms with Crippen LogP contribution < -0.4 is 16.0 Å². The first-order valence-electron chi connectivity index (χ1n) is 9.21. The molecule has 0 aliphatic rings. The molecule has 0 atom stereocenters. The van der Waals surface area contributed by atoms with E-state index in [0.717, 1.165) is 11.3 Å². The van der Waals surface area contributed by atoms with Crippen LogP contribution in [0.3, 0.4) is 0 Å². The first-order valence-corrected chi connectivity index (χ1v) is 9.21. The van der Waals surface area contributed by atoms with E-state index in [4.69, 9.17) is 9.15 Å². The third-order valence-electron chi connectivity index (χ3n) is 4.42. The minimum atomic E-state index is -0.562. The summed E-state index contributed by atoms with van der Waals surface area (Å²) in [6, 6.07) is 14.7. The Hall–Kier alpha value is -3.55. The molecule has 3 rings (SSSR count). The van der Waals surface area contributed by atoms with Gasteiger partial charge in [0.1, 0.15) is 0 Å². The molecule has 0 aliphatic carbocycles. The topological polar surface area (TPSA) is 93.8 Å². The Balaban J connectivity index is 1.42. The number of aromatic nitrogens is 1. The molecule has 1 N–H and O–H groups in total. The van der Waals surface area contributed by atoms with Crippen LogP contribution in [-0.4, -0.2) is 37.1 Å². The number of carbonyl (C=O) groups excluding carboxylic acids is 2. The van der Waals surface area contributed by atoms with E-state index in [9.17, 15) is 14.4 Å². The van der Waals surface area contributed by atoms with Crippen molar-refractivity contribution in [2.24, 2.45) is 0 Å². The molecule has 152 valence electrons. The van der Waals surface area contributed by atoms with Crippen LogP contribution in [0, 0.1) is 0 Å². The molecule has 0 fully saturated rings. The quantitative estimate of drug-likeness (QED) is 0.584. The van der Waals surface area contributed by atoms with Crippen LogP contribution in [-0.2, 0) is 27.4 Å². The summed E-state index contributed by atoms with van der Waals surface area (Å²) in [7, 11) is 3.91. The lowest BCUT2D eigenvalue weighted by Gasteiger charge is -2.13. The van der Waals surface area contributed by atoms with Crippen molar-refractivity contribution in [3.05, 3.63) is 64.6 Å². The van der Waals surface area contributed by atoms with Crippen molar-refractivity contribution in [1.82, 2.24) is 9.88 Å². The van der Waals surface area contributed by atoms with Gasteiger partial charge >= 0.3 is 11.7 Å². The number of hydrogen-bond acceptors (Lipinski definition) is 6. The number of rotatable bonds is 8. The van der Waals surface area contributed by atoms with Crippen molar-refractivity contribution in [1.29, 1.82) is 0 Å². The molecule has 0 spiro atoms. The average molecular weight is 397 g/mol. The fourth-order valence-corrected chi connectivity index (χ4v) is 2.81. The molecule has 1 aromatic heterocycles. The number of oxazole rings is 1. The third-order valence-corrected chi connectivity index (χ3v) is 4.42. The van der Waals surface area contributed by atoms with Gasteiger partial charge in [-0.2, -0.15) is 0 Å². The van der Waals surface area contributed by atoms with Crippen LogP contribution in [0.15, 0.2) is 57.7 Å². The Morgan fingerprint density at radius 3 is 2.55 bits per heavy atom. The number of benzene rings is 2. The van der Waals surface area contributed by atoms with E-state index in [2.05, 4.69) is 5.32 Å². The van der Waals surface area contributed by atoms with E-state index >= 15 is 0 Å². The summed E-state index contributed by atoms with van der Waals surface area (Å²) in [5.74, 6) is -1.48. The van der Waals surface area contributed by atoms with Crippen LogP contribution in [0.5, 0.6) is 0 Å². The van der Waals surface area contributed by atoms with Crippen LogP contribution in [0.4, 0.5) is 5.69 Å². The van der Waals surface area contributed by atoms with Crippen LogP contribution >= 0.6 is 0 Å². The minimum absolute atomic E-state index is 0.0390. The molecule has 0 saturated carbocycles. The molecule has 0 aliphatic heterocycles. The maximum Gasteiger partial charge on any atom is 0.419 e. The van der Waals surface area contributed by atoms with Gasteiger partial charge < -0.3 is 19.4 Å². The van der Waals surface area contributed by atoms with Crippen molar-refractivity contribution in [2.75, 3.05) is 25.6 Å². The highest BCUT2D eigenvalue weighted by Gasteiger charge is 2.12. The summed E-state index contributed by atoms with van der Waals surface area (Å²) >= 11 is 0. The standard InChI is InChI=1S/C21H23N3O5/c1-23(2)16-9-7-15(8-10-16)13-22-19(25)14-28-20(26)11-12-24-17-5-3-4-6-18(17)29-21(24)27/h3-10H,11-14H2,1-2H3,(H,22,25). The highest BCUT2D eigenvalue weighted by Crippen LogP contribution is 2.13. The molecule has 2 aromatic carbocycles. The lowest BCUT2D eigenvalue weighted by atomic mass is 10.2. The molecule has 3 aromatic rings. The maximum absolute atomic E-state index is 11.9. The SMILES string of the molecule is CN(C)c1ccc(CNC(=O)COC(=O)CCn2c(=O)oc3ccccc32)cc1. The van der Waals surface area contributed by atoms with Gasteiger partial charge in [0, 0.05) is 32.9 Å². The lowest BCUT2D eigenvalue weighted by Crippen LogP contribution is -2.28. The van der Waals surface area contributed by atoms with E-state index < -0.39 is 11.7 Å². The third kappa shape index (κ3) is 5.25. The molecule has 0 bridgehead atoms. The van der Waals surface area contributed by atoms with Gasteiger partial charge in [0.05, 0.1) is 11.9 Å². The summed E-state index contributed by atoms with van der Waals surface area (Å²) in [5, 5.41) is 2.71. The van der Waals surface area contributed by atoms with Gasteiger partial charge in [0.2, 0.25) is 0 Å². The molecule has 0 saturated heterocycles. The number of nitrogens with one attached hydrogen (secondary N) is 1. The van der Waals surface area contributed by atoms with E-state index in [0.29, 0.717) is 17.6 Å². The Labute approximate surface area is 167 Å². The Bertz CT molecular complexity index is 1050. The Kier molecular flexibility index (Phi) is 6.33. The zero-order valence-electron chi connectivity index (χ0n) is 16.4. The Morgan fingerprint density at radius 1 is 1.10 bits per heavy atom. The van der Waals surface area contributed by atoms with Crippen molar-refractivity contribution < 1.29 is 18.7 Å². The van der Waals surface area contributed by atoms with Crippen LogP contribution in [0.1, 0.15) is 12.0 Å². The molecule has 1 amide bonds. The second kappa shape index (κ2) is 9.09. The van der Waals surface area contributed by atoms with Gasteiger partial charge in [0.25, 0.3) is 5.91 Å². The average Bonchev–Trinajstić information content (AvgIpc) is 3.04. The van der Waals surface area contributed by atoms with E-state index in [1.165, 1.54) is 4.57 Å². The predicted octanol–water partition coefficient (Wildman–Crippen LogP) is 1.91. The molecule has 8 nitrogen and oxygen atoms in total.